The number of hydrogen-bond donors (Lipinski definition) is 0. The second kappa shape index (κ2) is 9.31. The van der Waals surface area contributed by atoms with Crippen LogP contribution in [0.1, 0.15) is 0 Å². The number of benzene rings is 1. The maximum atomic E-state index is 12.7. The molecule has 2 rings (SSSR count). The van der Waals surface area contributed by atoms with Crippen molar-refractivity contribution in [2.45, 2.75) is 13.0 Å². The minimum atomic E-state index is -2.63. The summed E-state index contributed by atoms with van der Waals surface area (Å²) in [5.41, 5.74) is 0.336. The fourth-order valence-corrected chi connectivity index (χ4v) is 2.46. The van der Waals surface area contributed by atoms with Crippen LogP contribution < -0.4 is 10.3 Å². The van der Waals surface area contributed by atoms with Crippen LogP contribution in [0, 0.1) is 18.4 Å². The normalized spacial score (nSPS) is 10.0. The predicted molar refractivity (Wildman–Crippen MR) is 83.0 cm³/mol. The number of alkyl halides is 2. The van der Waals surface area contributed by atoms with Gasteiger partial charge in [0.15, 0.2) is 5.56 Å². The third kappa shape index (κ3) is 5.24. The van der Waals surface area contributed by atoms with Crippen molar-refractivity contribution in [2.24, 2.45) is 0 Å². The van der Waals surface area contributed by atoms with Gasteiger partial charge in [-0.1, -0.05) is 39.2 Å². The molecule has 0 spiro atoms. The summed E-state index contributed by atoms with van der Waals surface area (Å²) >= 11 is 3.35. The van der Waals surface area contributed by atoms with Crippen LogP contribution in [0.4, 0.5) is 8.78 Å². The van der Waals surface area contributed by atoms with Gasteiger partial charge in [-0.25, -0.2) is 8.78 Å². The average Bonchev–Trinajstić information content (AvgIpc) is 2.47. The maximum Gasteiger partial charge on any atom is 0.256 e. The average molecular weight is 456 g/mol. The molecule has 0 bridgehead atoms. The summed E-state index contributed by atoms with van der Waals surface area (Å²) in [6.45, 7) is -0.563. The van der Waals surface area contributed by atoms with Crippen LogP contribution in [-0.4, -0.2) is 17.6 Å². The third-order valence-electron chi connectivity index (χ3n) is 2.82. The summed E-state index contributed by atoms with van der Waals surface area (Å²) in [6.07, 6.45) is 2.48. The van der Waals surface area contributed by atoms with E-state index >= 15 is 0 Å². The van der Waals surface area contributed by atoms with E-state index < -0.39 is 18.5 Å². The van der Waals surface area contributed by atoms with Crippen molar-refractivity contribution in [2.75, 3.05) is 6.61 Å². The Morgan fingerprint density at radius 1 is 1.39 bits per heavy atom. The molecule has 0 aliphatic carbocycles. The number of ether oxygens (including phenoxy) is 1. The van der Waals surface area contributed by atoms with Gasteiger partial charge >= 0.3 is 0 Å². The van der Waals surface area contributed by atoms with Crippen LogP contribution in [0.15, 0.2) is 39.6 Å². The molecule has 1 aromatic heterocycles. The number of nitrogens with zero attached hydrogens (tertiary/aromatic N) is 1. The van der Waals surface area contributed by atoms with E-state index in [0.29, 0.717) is 15.8 Å². The molecule has 1 heterocycles. The smallest absolute Gasteiger partial charge is 0.256 e. The topological polar surface area (TPSA) is 31.2 Å². The van der Waals surface area contributed by atoms with E-state index in [1.54, 1.807) is 18.2 Å². The Hall–Kier alpha value is -1.03. The number of rotatable bonds is 5. The number of terminal acetylenes is 1. The van der Waals surface area contributed by atoms with Crippen molar-refractivity contribution >= 4 is 15.9 Å². The summed E-state index contributed by atoms with van der Waals surface area (Å²) in [4.78, 5) is 11.8. The monoisotopic (exact) mass is 455 g/mol. The minimum Gasteiger partial charge on any atom is -0.481 e. The molecule has 117 valence electrons. The number of halogens is 3. The van der Waals surface area contributed by atoms with Crippen LogP contribution in [-0.2, 0) is 39.3 Å². The number of aromatic nitrogens is 1. The van der Waals surface area contributed by atoms with Gasteiger partial charge in [0.05, 0.1) is 6.54 Å². The SMILES string of the molecule is C#CCOc1ccc(-c2[c-]ccc(=O)n2CC(F)F)c(Br)c1.[Y]. The van der Waals surface area contributed by atoms with Gasteiger partial charge < -0.3 is 9.30 Å². The quantitative estimate of drug-likeness (QED) is 0.511. The maximum absolute atomic E-state index is 12.7. The van der Waals surface area contributed by atoms with Gasteiger partial charge in [-0.3, -0.25) is 4.79 Å². The van der Waals surface area contributed by atoms with Crippen LogP contribution >= 0.6 is 15.9 Å². The Morgan fingerprint density at radius 3 is 2.74 bits per heavy atom. The van der Waals surface area contributed by atoms with Crippen LogP contribution in [0.3, 0.4) is 0 Å². The molecule has 0 atom stereocenters. The second-order valence-electron chi connectivity index (χ2n) is 4.30. The Bertz CT molecular complexity index is 771. The Labute approximate surface area is 166 Å². The van der Waals surface area contributed by atoms with Crippen molar-refractivity contribution in [3.63, 3.8) is 0 Å². The molecule has 0 fully saturated rings. The molecule has 1 aromatic carbocycles. The predicted octanol–water partition coefficient (Wildman–Crippen LogP) is 3.35. The van der Waals surface area contributed by atoms with Crippen molar-refractivity contribution in [3.8, 4) is 29.4 Å². The first-order valence-electron chi connectivity index (χ1n) is 6.28. The molecule has 0 N–H and O–H groups in total. The van der Waals surface area contributed by atoms with Crippen molar-refractivity contribution in [1.82, 2.24) is 4.57 Å². The van der Waals surface area contributed by atoms with Crippen molar-refractivity contribution in [1.29, 1.82) is 0 Å². The van der Waals surface area contributed by atoms with E-state index in [1.165, 1.54) is 12.1 Å². The van der Waals surface area contributed by atoms with Gasteiger partial charge in [-0.05, 0) is 16.6 Å². The van der Waals surface area contributed by atoms with E-state index in [-0.39, 0.29) is 45.0 Å². The van der Waals surface area contributed by atoms with Gasteiger partial charge in [0.25, 0.3) is 6.43 Å². The van der Waals surface area contributed by atoms with E-state index in [9.17, 15) is 13.6 Å². The summed E-state index contributed by atoms with van der Waals surface area (Å²) in [5.74, 6) is 2.88. The minimum absolute atomic E-state index is 0. The van der Waals surface area contributed by atoms with E-state index in [4.69, 9.17) is 11.2 Å². The summed E-state index contributed by atoms with van der Waals surface area (Å²) in [7, 11) is 0. The fourth-order valence-electron chi connectivity index (χ4n) is 1.92. The molecule has 0 unspecified atom stereocenters. The van der Waals surface area contributed by atoms with Crippen LogP contribution in [0.5, 0.6) is 5.75 Å². The molecule has 1 radical (unpaired) electrons. The summed E-state index contributed by atoms with van der Waals surface area (Å²) < 4.78 is 32.2. The number of hydrogen-bond acceptors (Lipinski definition) is 2. The fraction of sp³-hybridized carbons (Fsp3) is 0.188. The standard InChI is InChI=1S/C16H11BrF2NO2.Y/c1-2-8-22-11-6-7-12(13(17)9-11)14-4-3-5-16(21)20(14)10-15(18)19;/h1,3,5-7,9,15H,8,10H2;/q-1;. The van der Waals surface area contributed by atoms with Gasteiger partial charge in [-0.15, -0.1) is 12.5 Å². The molecule has 0 aliphatic heterocycles. The Balaban J connectivity index is 0.00000264. The molecule has 3 nitrogen and oxygen atoms in total. The first-order chi connectivity index (χ1) is 10.5. The molecular formula is C16H11BrF2NO2Y-. The zero-order valence-electron chi connectivity index (χ0n) is 11.9. The van der Waals surface area contributed by atoms with Crippen molar-refractivity contribution < 1.29 is 46.2 Å². The van der Waals surface area contributed by atoms with Crippen LogP contribution in [0.25, 0.3) is 11.3 Å². The molecule has 23 heavy (non-hydrogen) atoms. The zero-order valence-corrected chi connectivity index (χ0v) is 16.4. The second-order valence-corrected chi connectivity index (χ2v) is 5.15. The van der Waals surface area contributed by atoms with Gasteiger partial charge in [0.1, 0.15) is 12.4 Å². The van der Waals surface area contributed by atoms with Gasteiger partial charge in [0, 0.05) is 32.7 Å². The molecular weight excluding hydrogens is 445 g/mol. The molecule has 2 aromatic rings. The molecule has 7 heteroatoms. The Morgan fingerprint density at radius 2 is 2.13 bits per heavy atom. The van der Waals surface area contributed by atoms with Crippen molar-refractivity contribution in [3.05, 3.63) is 51.2 Å². The Kier molecular flexibility index (Phi) is 8.11. The van der Waals surface area contributed by atoms with E-state index in [2.05, 4.69) is 27.9 Å². The van der Waals surface area contributed by atoms with Crippen LogP contribution in [0.2, 0.25) is 0 Å². The van der Waals surface area contributed by atoms with Gasteiger partial charge in [-0.2, -0.15) is 12.1 Å². The first-order valence-corrected chi connectivity index (χ1v) is 7.08. The third-order valence-corrected chi connectivity index (χ3v) is 3.48. The summed E-state index contributed by atoms with van der Waals surface area (Å²) in [5, 5.41) is 0. The summed E-state index contributed by atoms with van der Waals surface area (Å²) in [6, 6.07) is 10.4. The zero-order chi connectivity index (χ0) is 16.1. The van der Waals surface area contributed by atoms with E-state index in [0.717, 1.165) is 4.57 Å². The van der Waals surface area contributed by atoms with E-state index in [1.807, 2.05) is 0 Å². The number of pyridine rings is 1. The van der Waals surface area contributed by atoms with Gasteiger partial charge in [0.2, 0.25) is 0 Å². The molecule has 0 aliphatic rings. The molecule has 0 amide bonds. The first kappa shape index (κ1) is 20.0. The largest absolute Gasteiger partial charge is 0.481 e. The molecule has 0 saturated heterocycles. The molecule has 0 saturated carbocycles.